The zero-order valence-electron chi connectivity index (χ0n) is 11.4. The highest BCUT2D eigenvalue weighted by atomic mass is 16.5. The van der Waals surface area contributed by atoms with E-state index in [1.54, 1.807) is 0 Å². The molecule has 0 bridgehead atoms. The van der Waals surface area contributed by atoms with E-state index in [4.69, 9.17) is 11.2 Å². The maximum absolute atomic E-state index is 11.5. The summed E-state index contributed by atoms with van der Waals surface area (Å²) in [6, 6.07) is 0. The van der Waals surface area contributed by atoms with Crippen molar-refractivity contribution in [1.82, 2.24) is 10.6 Å². The summed E-state index contributed by atoms with van der Waals surface area (Å²) in [5.41, 5.74) is 0. The van der Waals surface area contributed by atoms with E-state index < -0.39 is 0 Å². The molecule has 19 heavy (non-hydrogen) atoms. The second kappa shape index (κ2) is 8.54. The van der Waals surface area contributed by atoms with Gasteiger partial charge in [0.2, 0.25) is 11.8 Å². The highest BCUT2D eigenvalue weighted by Crippen LogP contribution is 2.25. The van der Waals surface area contributed by atoms with E-state index in [1.807, 2.05) is 0 Å². The summed E-state index contributed by atoms with van der Waals surface area (Å²) < 4.78 is 5.55. The minimum Gasteiger partial charge on any atom is -0.368 e. The molecule has 0 aromatic heterocycles. The first-order chi connectivity index (χ1) is 9.11. The topological polar surface area (TPSA) is 67.4 Å². The van der Waals surface area contributed by atoms with Crippen LogP contribution in [0.25, 0.3) is 0 Å². The molecule has 1 aliphatic carbocycles. The molecule has 0 radical (unpaired) electrons. The van der Waals surface area contributed by atoms with Crippen molar-refractivity contribution in [3.8, 4) is 12.3 Å². The second-order valence-electron chi connectivity index (χ2n) is 4.96. The third-order valence-electron chi connectivity index (χ3n) is 3.17. The summed E-state index contributed by atoms with van der Waals surface area (Å²) in [5.74, 6) is 2.39. The van der Waals surface area contributed by atoms with Gasteiger partial charge in [0.05, 0.1) is 19.2 Å². The first-order valence-corrected chi connectivity index (χ1v) is 6.70. The van der Waals surface area contributed by atoms with Crippen molar-refractivity contribution in [2.45, 2.75) is 38.7 Å². The molecule has 0 aliphatic heterocycles. The van der Waals surface area contributed by atoms with Gasteiger partial charge < -0.3 is 15.4 Å². The summed E-state index contributed by atoms with van der Waals surface area (Å²) in [5, 5.41) is 4.97. The smallest absolute Gasteiger partial charge is 0.246 e. The van der Waals surface area contributed by atoms with Gasteiger partial charge in [-0.05, 0) is 18.8 Å². The maximum atomic E-state index is 11.5. The van der Waals surface area contributed by atoms with Gasteiger partial charge in [0.15, 0.2) is 0 Å². The Morgan fingerprint density at radius 2 is 2.11 bits per heavy atom. The summed E-state index contributed by atoms with van der Waals surface area (Å²) in [7, 11) is 0. The summed E-state index contributed by atoms with van der Waals surface area (Å²) in [4.78, 5) is 22.7. The number of carbonyl (C=O) groups is 2. The summed E-state index contributed by atoms with van der Waals surface area (Å²) >= 11 is 0. The van der Waals surface area contributed by atoms with Crippen LogP contribution in [0.5, 0.6) is 0 Å². The van der Waals surface area contributed by atoms with Gasteiger partial charge in [-0.15, -0.1) is 6.42 Å². The van der Waals surface area contributed by atoms with E-state index in [-0.39, 0.29) is 37.6 Å². The number of ether oxygens (including phenoxy) is 1. The Morgan fingerprint density at radius 3 is 2.79 bits per heavy atom. The van der Waals surface area contributed by atoms with Crippen molar-refractivity contribution in [1.29, 1.82) is 0 Å². The van der Waals surface area contributed by atoms with E-state index in [1.165, 1.54) is 6.42 Å². The van der Waals surface area contributed by atoms with Gasteiger partial charge >= 0.3 is 0 Å². The fourth-order valence-corrected chi connectivity index (χ4v) is 2.17. The van der Waals surface area contributed by atoms with Gasteiger partial charge in [-0.25, -0.2) is 0 Å². The molecule has 2 atom stereocenters. The van der Waals surface area contributed by atoms with E-state index in [9.17, 15) is 9.59 Å². The van der Waals surface area contributed by atoms with Gasteiger partial charge in [-0.3, -0.25) is 9.59 Å². The van der Waals surface area contributed by atoms with Crippen LogP contribution in [0.4, 0.5) is 0 Å². The minimum atomic E-state index is -0.294. The van der Waals surface area contributed by atoms with Crippen molar-refractivity contribution in [2.75, 3.05) is 19.7 Å². The predicted octanol–water partition coefficient (Wildman–Crippen LogP) is 0.447. The highest BCUT2D eigenvalue weighted by Gasteiger charge is 2.20. The molecule has 0 aromatic carbocycles. The molecule has 1 saturated carbocycles. The largest absolute Gasteiger partial charge is 0.368 e. The predicted molar refractivity (Wildman–Crippen MR) is 72.2 cm³/mol. The maximum Gasteiger partial charge on any atom is 0.246 e. The lowest BCUT2D eigenvalue weighted by Gasteiger charge is -2.26. The number of rotatable bonds is 6. The van der Waals surface area contributed by atoms with Crippen LogP contribution >= 0.6 is 0 Å². The Balaban J connectivity index is 2.10. The van der Waals surface area contributed by atoms with Crippen molar-refractivity contribution in [3.63, 3.8) is 0 Å². The number of hydrogen-bond acceptors (Lipinski definition) is 3. The minimum absolute atomic E-state index is 0.0137. The van der Waals surface area contributed by atoms with Gasteiger partial charge in [0, 0.05) is 0 Å². The van der Waals surface area contributed by atoms with Crippen LogP contribution in [0.1, 0.15) is 32.6 Å². The standard InChI is InChI=1S/C14H22N2O3/c1-3-7-15-13(17)9-16-14(18)10-19-12-6-4-5-11(2)8-12/h1,11-12H,4-10H2,2H3,(H,15,17)(H,16,18)/t11-,12-/m0/s1. The summed E-state index contributed by atoms with van der Waals surface area (Å²) in [6.45, 7) is 2.32. The van der Waals surface area contributed by atoms with Crippen LogP contribution in [0.3, 0.4) is 0 Å². The number of hydrogen-bond donors (Lipinski definition) is 2. The lowest BCUT2D eigenvalue weighted by Crippen LogP contribution is -2.39. The van der Waals surface area contributed by atoms with Crippen LogP contribution in [0, 0.1) is 18.3 Å². The molecule has 0 heterocycles. The Bertz CT molecular complexity index is 349. The Labute approximate surface area is 114 Å². The molecular weight excluding hydrogens is 244 g/mol. The number of terminal acetylenes is 1. The fraction of sp³-hybridized carbons (Fsp3) is 0.714. The third-order valence-corrected chi connectivity index (χ3v) is 3.17. The first kappa shape index (κ1) is 15.5. The average molecular weight is 266 g/mol. The van der Waals surface area contributed by atoms with Crippen LogP contribution < -0.4 is 10.6 Å². The molecular formula is C14H22N2O3. The van der Waals surface area contributed by atoms with Crippen molar-refractivity contribution in [3.05, 3.63) is 0 Å². The first-order valence-electron chi connectivity index (χ1n) is 6.70. The van der Waals surface area contributed by atoms with Gasteiger partial charge in [0.25, 0.3) is 0 Å². The Kier molecular flexibility index (Phi) is 6.98. The van der Waals surface area contributed by atoms with E-state index in [0.29, 0.717) is 5.92 Å². The molecule has 1 aliphatic rings. The van der Waals surface area contributed by atoms with Crippen LogP contribution in [-0.2, 0) is 14.3 Å². The molecule has 0 unspecified atom stereocenters. The lowest BCUT2D eigenvalue weighted by molar-refractivity contribution is -0.131. The van der Waals surface area contributed by atoms with Gasteiger partial charge in [-0.2, -0.15) is 0 Å². The second-order valence-corrected chi connectivity index (χ2v) is 4.96. The molecule has 0 aromatic rings. The Morgan fingerprint density at radius 1 is 1.32 bits per heavy atom. The molecule has 0 spiro atoms. The third kappa shape index (κ3) is 6.82. The van der Waals surface area contributed by atoms with E-state index >= 15 is 0 Å². The van der Waals surface area contributed by atoms with Crippen LogP contribution in [-0.4, -0.2) is 37.6 Å². The van der Waals surface area contributed by atoms with Crippen molar-refractivity contribution in [2.24, 2.45) is 5.92 Å². The summed E-state index contributed by atoms with van der Waals surface area (Å²) in [6.07, 6.45) is 9.59. The normalized spacial score (nSPS) is 22.3. The molecule has 2 N–H and O–H groups in total. The van der Waals surface area contributed by atoms with Crippen molar-refractivity contribution < 1.29 is 14.3 Å². The molecule has 0 saturated heterocycles. The number of nitrogens with one attached hydrogen (secondary N) is 2. The molecule has 5 nitrogen and oxygen atoms in total. The van der Waals surface area contributed by atoms with Crippen molar-refractivity contribution >= 4 is 11.8 Å². The number of carbonyl (C=O) groups excluding carboxylic acids is 2. The fourth-order valence-electron chi connectivity index (χ4n) is 2.17. The van der Waals surface area contributed by atoms with Gasteiger partial charge in [-0.1, -0.05) is 25.7 Å². The molecule has 2 amide bonds. The van der Waals surface area contributed by atoms with E-state index in [2.05, 4.69) is 23.5 Å². The molecule has 1 fully saturated rings. The van der Waals surface area contributed by atoms with Crippen LogP contribution in [0.2, 0.25) is 0 Å². The van der Waals surface area contributed by atoms with Crippen LogP contribution in [0.15, 0.2) is 0 Å². The molecule has 5 heteroatoms. The monoisotopic (exact) mass is 266 g/mol. The zero-order valence-corrected chi connectivity index (χ0v) is 11.4. The number of amides is 2. The quantitative estimate of drug-likeness (QED) is 0.686. The highest BCUT2D eigenvalue weighted by molar-refractivity contribution is 5.85. The lowest BCUT2D eigenvalue weighted by atomic mass is 9.89. The molecule has 1 rings (SSSR count). The molecule has 106 valence electrons. The van der Waals surface area contributed by atoms with Gasteiger partial charge in [0.1, 0.15) is 6.61 Å². The zero-order chi connectivity index (χ0) is 14.1. The Hall–Kier alpha value is -1.54. The average Bonchev–Trinajstić information content (AvgIpc) is 2.40. The SMILES string of the molecule is C#CCNC(=O)CNC(=O)CO[C@H]1CCC[C@H](C)C1. The van der Waals surface area contributed by atoms with E-state index in [0.717, 1.165) is 19.3 Å².